The number of hydrogen-bond donors (Lipinski definition) is 3. The minimum absolute atomic E-state index is 0.117. The molecule has 2 amide bonds. The summed E-state index contributed by atoms with van der Waals surface area (Å²) < 4.78 is 10.6. The smallest absolute Gasteiger partial charge is 0.275 e. The Hall–Kier alpha value is -4.85. The molecule has 4 aromatic carbocycles. The van der Waals surface area contributed by atoms with Crippen LogP contribution in [0.15, 0.2) is 90.0 Å². The number of hydrogen-bond acceptors (Lipinski definition) is 6. The van der Waals surface area contributed by atoms with Crippen LogP contribution in [0.25, 0.3) is 10.8 Å². The molecule has 0 saturated heterocycles. The van der Waals surface area contributed by atoms with Crippen LogP contribution in [0.1, 0.15) is 15.9 Å². The van der Waals surface area contributed by atoms with E-state index in [2.05, 4.69) is 15.8 Å². The van der Waals surface area contributed by atoms with Crippen LogP contribution in [-0.2, 0) is 4.79 Å². The van der Waals surface area contributed by atoms with E-state index in [0.717, 1.165) is 10.8 Å². The van der Waals surface area contributed by atoms with Crippen molar-refractivity contribution in [1.29, 1.82) is 0 Å². The van der Waals surface area contributed by atoms with Gasteiger partial charge in [-0.15, -0.1) is 0 Å². The number of carbonyl (C=O) groups excluding carboxylic acids is 2. The maximum Gasteiger partial charge on any atom is 0.275 e. The first-order valence-corrected chi connectivity index (χ1v) is 10.7. The van der Waals surface area contributed by atoms with Crippen molar-refractivity contribution in [2.24, 2.45) is 5.10 Å². The van der Waals surface area contributed by atoms with Gasteiger partial charge in [0.25, 0.3) is 11.8 Å². The van der Waals surface area contributed by atoms with Gasteiger partial charge in [-0.25, -0.2) is 5.43 Å². The Morgan fingerprint density at radius 1 is 0.914 bits per heavy atom. The second-order valence-electron chi connectivity index (χ2n) is 7.55. The van der Waals surface area contributed by atoms with Crippen molar-refractivity contribution < 1.29 is 24.2 Å². The summed E-state index contributed by atoms with van der Waals surface area (Å²) in [5.41, 5.74) is 3.91. The topological polar surface area (TPSA) is 109 Å². The van der Waals surface area contributed by atoms with E-state index >= 15 is 0 Å². The molecule has 35 heavy (non-hydrogen) atoms. The normalized spacial score (nSPS) is 10.8. The Morgan fingerprint density at radius 3 is 2.26 bits per heavy atom. The Bertz CT molecular complexity index is 1370. The molecule has 0 aliphatic carbocycles. The van der Waals surface area contributed by atoms with Gasteiger partial charge in [-0.05, 0) is 77.0 Å². The zero-order valence-electron chi connectivity index (χ0n) is 18.9. The summed E-state index contributed by atoms with van der Waals surface area (Å²) in [6.07, 6.45) is 1.47. The molecule has 0 heterocycles. The first kappa shape index (κ1) is 23.3. The number of carbonyl (C=O) groups is 2. The lowest BCUT2D eigenvalue weighted by Gasteiger charge is -2.08. The van der Waals surface area contributed by atoms with E-state index in [1.807, 2.05) is 24.3 Å². The zero-order valence-corrected chi connectivity index (χ0v) is 18.9. The minimum atomic E-state index is -0.521. The van der Waals surface area contributed by atoms with E-state index < -0.39 is 5.91 Å². The average molecular weight is 469 g/mol. The monoisotopic (exact) mass is 469 g/mol. The molecule has 0 spiro atoms. The molecule has 0 aliphatic heterocycles. The summed E-state index contributed by atoms with van der Waals surface area (Å²) in [5, 5.41) is 18.5. The predicted molar refractivity (Wildman–Crippen MR) is 134 cm³/mol. The lowest BCUT2D eigenvalue weighted by Crippen LogP contribution is -2.20. The maximum atomic E-state index is 12.4. The number of methoxy groups -OCH3 is 1. The molecule has 0 fully saturated rings. The van der Waals surface area contributed by atoms with Crippen LogP contribution < -0.4 is 20.2 Å². The maximum absolute atomic E-state index is 12.4. The van der Waals surface area contributed by atoms with Crippen molar-refractivity contribution in [1.82, 2.24) is 5.43 Å². The summed E-state index contributed by atoms with van der Waals surface area (Å²) in [4.78, 5) is 24.5. The SMILES string of the molecule is COc1ccc(NC(=O)COc2ccc(/C=N\NC(=O)c3cc4ccccc4cc3O)cc2)cc1. The van der Waals surface area contributed by atoms with Gasteiger partial charge < -0.3 is 19.9 Å². The van der Waals surface area contributed by atoms with Crippen molar-refractivity contribution in [2.75, 3.05) is 19.0 Å². The molecule has 0 aromatic heterocycles. The third kappa shape index (κ3) is 6.14. The Balaban J connectivity index is 1.27. The van der Waals surface area contributed by atoms with Gasteiger partial charge in [0.2, 0.25) is 0 Å². The molecule has 3 N–H and O–H groups in total. The van der Waals surface area contributed by atoms with Gasteiger partial charge in [0.15, 0.2) is 6.61 Å². The highest BCUT2D eigenvalue weighted by Crippen LogP contribution is 2.25. The van der Waals surface area contributed by atoms with E-state index in [4.69, 9.17) is 9.47 Å². The lowest BCUT2D eigenvalue weighted by molar-refractivity contribution is -0.118. The standard InChI is InChI=1S/C27H23N3O5/c1-34-22-12-8-21(9-13-22)29-26(32)17-35-23-10-6-18(7-11-23)16-28-30-27(33)24-14-19-4-2-3-5-20(19)15-25(24)31/h2-16,31H,17H2,1H3,(H,29,32)(H,30,33)/b28-16-. The number of benzene rings is 4. The number of nitrogens with one attached hydrogen (secondary N) is 2. The number of nitrogens with zero attached hydrogens (tertiary/aromatic N) is 1. The fourth-order valence-corrected chi connectivity index (χ4v) is 3.31. The largest absolute Gasteiger partial charge is 0.507 e. The van der Waals surface area contributed by atoms with E-state index in [1.54, 1.807) is 67.8 Å². The number of anilines is 1. The van der Waals surface area contributed by atoms with Crippen molar-refractivity contribution in [3.63, 3.8) is 0 Å². The Morgan fingerprint density at radius 2 is 1.57 bits per heavy atom. The molecular weight excluding hydrogens is 446 g/mol. The molecule has 0 bridgehead atoms. The molecule has 176 valence electrons. The number of aromatic hydroxyl groups is 1. The van der Waals surface area contributed by atoms with Crippen LogP contribution in [0.3, 0.4) is 0 Å². The molecule has 0 atom stereocenters. The summed E-state index contributed by atoms with van der Waals surface area (Å²) in [5.74, 6) is 0.285. The van der Waals surface area contributed by atoms with Gasteiger partial charge in [-0.3, -0.25) is 9.59 Å². The molecule has 0 radical (unpaired) electrons. The lowest BCUT2D eigenvalue weighted by atomic mass is 10.1. The molecule has 0 aliphatic rings. The van der Waals surface area contributed by atoms with Gasteiger partial charge >= 0.3 is 0 Å². The molecule has 0 saturated carbocycles. The molecule has 0 unspecified atom stereocenters. The van der Waals surface area contributed by atoms with Gasteiger partial charge in [-0.2, -0.15) is 5.10 Å². The fraction of sp³-hybridized carbons (Fsp3) is 0.0741. The van der Waals surface area contributed by atoms with E-state index in [9.17, 15) is 14.7 Å². The van der Waals surface area contributed by atoms with Crippen LogP contribution in [0.4, 0.5) is 5.69 Å². The Kier molecular flexibility index (Phi) is 7.22. The van der Waals surface area contributed by atoms with E-state index in [1.165, 1.54) is 6.21 Å². The third-order valence-corrected chi connectivity index (χ3v) is 5.11. The number of ether oxygens (including phenoxy) is 2. The van der Waals surface area contributed by atoms with Gasteiger partial charge in [-0.1, -0.05) is 24.3 Å². The summed E-state index contributed by atoms with van der Waals surface area (Å²) in [6.45, 7) is -0.148. The van der Waals surface area contributed by atoms with E-state index in [-0.39, 0.29) is 23.8 Å². The predicted octanol–water partition coefficient (Wildman–Crippen LogP) is 4.34. The molecule has 8 heteroatoms. The van der Waals surface area contributed by atoms with Crippen molar-refractivity contribution in [3.05, 3.63) is 96.1 Å². The van der Waals surface area contributed by atoms with Crippen LogP contribution in [-0.4, -0.2) is 36.9 Å². The van der Waals surface area contributed by atoms with Gasteiger partial charge in [0.05, 0.1) is 18.9 Å². The van der Waals surface area contributed by atoms with Crippen LogP contribution >= 0.6 is 0 Å². The molecular formula is C27H23N3O5. The van der Waals surface area contributed by atoms with Crippen LogP contribution in [0.2, 0.25) is 0 Å². The number of phenols is 1. The first-order valence-electron chi connectivity index (χ1n) is 10.7. The number of hydrazone groups is 1. The van der Waals surface area contributed by atoms with Gasteiger partial charge in [0.1, 0.15) is 17.2 Å². The van der Waals surface area contributed by atoms with Crippen molar-refractivity contribution >= 4 is 34.5 Å². The molecule has 8 nitrogen and oxygen atoms in total. The van der Waals surface area contributed by atoms with Crippen LogP contribution in [0.5, 0.6) is 17.2 Å². The highest BCUT2D eigenvalue weighted by molar-refractivity contribution is 6.01. The molecule has 4 rings (SSSR count). The summed E-state index contributed by atoms with van der Waals surface area (Å²) in [6, 6.07) is 24.5. The number of phenolic OH excluding ortho intramolecular Hbond substituents is 1. The number of rotatable bonds is 8. The van der Waals surface area contributed by atoms with Crippen molar-refractivity contribution in [3.8, 4) is 17.2 Å². The average Bonchev–Trinajstić information content (AvgIpc) is 2.88. The first-order chi connectivity index (χ1) is 17.0. The highest BCUT2D eigenvalue weighted by Gasteiger charge is 2.11. The zero-order chi connectivity index (χ0) is 24.6. The number of fused-ring (bicyclic) bond motifs is 1. The van der Waals surface area contributed by atoms with Crippen LogP contribution in [0, 0.1) is 0 Å². The second-order valence-corrected chi connectivity index (χ2v) is 7.55. The summed E-state index contributed by atoms with van der Waals surface area (Å²) >= 11 is 0. The minimum Gasteiger partial charge on any atom is -0.507 e. The van der Waals surface area contributed by atoms with E-state index in [0.29, 0.717) is 22.7 Å². The summed E-state index contributed by atoms with van der Waals surface area (Å²) in [7, 11) is 1.58. The quantitative estimate of drug-likeness (QED) is 0.263. The Labute approximate surface area is 201 Å². The van der Waals surface area contributed by atoms with Gasteiger partial charge in [0, 0.05) is 5.69 Å². The highest BCUT2D eigenvalue weighted by atomic mass is 16.5. The second kappa shape index (κ2) is 10.8. The fourth-order valence-electron chi connectivity index (χ4n) is 3.31. The molecule has 4 aromatic rings. The third-order valence-electron chi connectivity index (χ3n) is 5.11. The number of amides is 2. The van der Waals surface area contributed by atoms with Crippen molar-refractivity contribution in [2.45, 2.75) is 0 Å².